The monoisotopic (exact) mass is 1110 g/mol. The largest absolute Gasteiger partial charge is 0.494 e. The summed E-state index contributed by atoms with van der Waals surface area (Å²) in [6.45, 7) is 12.6. The van der Waals surface area contributed by atoms with Crippen LogP contribution in [-0.2, 0) is 38.2 Å². The molecule has 2 saturated carbocycles. The molecule has 0 saturated heterocycles. The minimum absolute atomic E-state index is 0.211. The van der Waals surface area contributed by atoms with Crippen molar-refractivity contribution in [2.45, 2.75) is 117 Å². The molecule has 0 atom stereocenters. The average molecular weight is 1110 g/mol. The Morgan fingerprint density at radius 2 is 0.938 bits per heavy atom. The first kappa shape index (κ1) is 58.4. The summed E-state index contributed by atoms with van der Waals surface area (Å²) in [5.41, 5.74) is 3.16. The molecule has 0 unspecified atom stereocenters. The number of ether oxygens (including phenoxy) is 8. The smallest absolute Gasteiger partial charge is 0.330 e. The van der Waals surface area contributed by atoms with Crippen molar-refractivity contribution in [3.05, 3.63) is 115 Å². The zero-order valence-electron chi connectivity index (χ0n) is 45.5. The molecule has 8 rings (SSSR count). The number of thiazole rings is 1. The van der Waals surface area contributed by atoms with Crippen LogP contribution in [0.5, 0.6) is 34.5 Å². The highest BCUT2D eigenvalue weighted by molar-refractivity contribution is 7.22. The number of carbonyl (C=O) groups excluding carboxylic acids is 6. The van der Waals surface area contributed by atoms with E-state index in [0.29, 0.717) is 127 Å². The van der Waals surface area contributed by atoms with Crippen LogP contribution in [0.25, 0.3) is 32.0 Å². The van der Waals surface area contributed by atoms with E-state index in [-0.39, 0.29) is 35.3 Å². The lowest BCUT2D eigenvalue weighted by Crippen LogP contribution is -2.30. The van der Waals surface area contributed by atoms with Crippen molar-refractivity contribution in [3.63, 3.8) is 0 Å². The van der Waals surface area contributed by atoms with Gasteiger partial charge in [0, 0.05) is 17.5 Å². The van der Waals surface area contributed by atoms with Crippen LogP contribution in [0.3, 0.4) is 0 Å². The van der Waals surface area contributed by atoms with Crippen LogP contribution in [0.2, 0.25) is 0 Å². The number of hydrogen-bond donors (Lipinski definition) is 0. The van der Waals surface area contributed by atoms with Crippen LogP contribution < -0.4 is 28.4 Å². The van der Waals surface area contributed by atoms with Crippen molar-refractivity contribution < 1.29 is 71.1 Å². The Balaban J connectivity index is 0.821. The third-order valence-electron chi connectivity index (χ3n) is 14.4. The van der Waals surface area contributed by atoms with E-state index in [9.17, 15) is 28.8 Å². The van der Waals surface area contributed by atoms with Crippen LogP contribution in [-0.4, -0.2) is 67.2 Å². The van der Waals surface area contributed by atoms with E-state index in [2.05, 4.69) is 19.2 Å². The normalized spacial score (nSPS) is 17.0. The fourth-order valence-corrected chi connectivity index (χ4v) is 10.9. The van der Waals surface area contributed by atoms with Crippen LogP contribution in [0.4, 0.5) is 0 Å². The summed E-state index contributed by atoms with van der Waals surface area (Å²) in [6.07, 6.45) is 12.8. The number of hydrogen-bond acceptors (Lipinski definition) is 17. The number of esters is 6. The SMILES string of the molecule is C=CC(=O)OCCCCCCOc1ccc(OC(=O)[C@H]2CC[C@H](C(=O)Oc3ccc(OC(=O)[C@H]4CC[C@H](C(=O)Oc5ccc(OCCCCCCOC(=O)C=C)cc5)CC4)c4sc(-c5cc6c(C)cc(C)cc6o5)nc34)CC2)cc1. The Labute approximate surface area is 469 Å². The Morgan fingerprint density at radius 1 is 0.525 bits per heavy atom. The molecule has 2 aromatic heterocycles. The predicted molar refractivity (Wildman–Crippen MR) is 301 cm³/mol. The highest BCUT2D eigenvalue weighted by atomic mass is 32.1. The summed E-state index contributed by atoms with van der Waals surface area (Å²) in [5, 5.41) is 1.46. The fourth-order valence-electron chi connectivity index (χ4n) is 9.90. The van der Waals surface area contributed by atoms with Crippen LogP contribution in [0, 0.1) is 37.5 Å². The minimum atomic E-state index is -0.466. The van der Waals surface area contributed by atoms with E-state index in [1.54, 1.807) is 60.7 Å². The Kier molecular flexibility index (Phi) is 21.1. The molecule has 2 fully saturated rings. The summed E-state index contributed by atoms with van der Waals surface area (Å²) < 4.78 is 52.2. The van der Waals surface area contributed by atoms with Gasteiger partial charge in [-0.05, 0) is 201 Å². The lowest BCUT2D eigenvalue weighted by Gasteiger charge is -2.26. The quantitative estimate of drug-likeness (QED) is 0.0204. The number of unbranched alkanes of at least 4 members (excludes halogenated alkanes) is 6. The molecule has 0 aliphatic heterocycles. The first-order valence-electron chi connectivity index (χ1n) is 27.7. The molecule has 4 aromatic carbocycles. The van der Waals surface area contributed by atoms with Gasteiger partial charge in [0.05, 0.1) is 50.1 Å². The topological polar surface area (TPSA) is 202 Å². The summed E-state index contributed by atoms with van der Waals surface area (Å²) in [6, 6.07) is 23.0. The van der Waals surface area contributed by atoms with Crippen LogP contribution in [0.1, 0.15) is 114 Å². The molecule has 0 N–H and O–H groups in total. The lowest BCUT2D eigenvalue weighted by atomic mass is 9.82. The maximum absolute atomic E-state index is 13.9. The van der Waals surface area contributed by atoms with Crippen molar-refractivity contribution in [1.29, 1.82) is 0 Å². The number of aryl methyl sites for hydroxylation is 2. The van der Waals surface area contributed by atoms with E-state index in [1.807, 2.05) is 26.0 Å². The summed E-state index contributed by atoms with van der Waals surface area (Å²) in [5.74, 6) is -0.959. The molecular formula is C63H69NO15S. The molecule has 0 bridgehead atoms. The molecule has 0 radical (unpaired) electrons. The van der Waals surface area contributed by atoms with Crippen LogP contribution in [0.15, 0.2) is 109 Å². The molecule has 2 heterocycles. The van der Waals surface area contributed by atoms with Crippen molar-refractivity contribution in [1.82, 2.24) is 4.98 Å². The van der Waals surface area contributed by atoms with Crippen LogP contribution >= 0.6 is 11.3 Å². The molecule has 80 heavy (non-hydrogen) atoms. The third-order valence-corrected chi connectivity index (χ3v) is 15.5. The van der Waals surface area contributed by atoms with Gasteiger partial charge in [0.2, 0.25) is 0 Å². The maximum Gasteiger partial charge on any atom is 0.330 e. The number of benzene rings is 4. The molecule has 16 nitrogen and oxygen atoms in total. The van der Waals surface area contributed by atoms with Gasteiger partial charge in [0.15, 0.2) is 22.3 Å². The molecule has 0 amide bonds. The van der Waals surface area contributed by atoms with Crippen molar-refractivity contribution in [2.24, 2.45) is 23.7 Å². The van der Waals surface area contributed by atoms with E-state index in [4.69, 9.17) is 47.3 Å². The van der Waals surface area contributed by atoms with Crippen molar-refractivity contribution >= 4 is 68.3 Å². The minimum Gasteiger partial charge on any atom is -0.494 e. The number of rotatable bonds is 27. The summed E-state index contributed by atoms with van der Waals surface area (Å²) >= 11 is 1.27. The van der Waals surface area contributed by atoms with Crippen molar-refractivity contribution in [3.8, 4) is 45.3 Å². The van der Waals surface area contributed by atoms with Gasteiger partial charge >= 0.3 is 35.8 Å². The van der Waals surface area contributed by atoms with E-state index < -0.39 is 35.7 Å². The third kappa shape index (κ3) is 16.4. The Morgan fingerprint density at radius 3 is 1.40 bits per heavy atom. The van der Waals surface area contributed by atoms with Gasteiger partial charge in [0.1, 0.15) is 38.8 Å². The molecule has 6 aromatic rings. The first-order valence-corrected chi connectivity index (χ1v) is 28.5. The van der Waals surface area contributed by atoms with Gasteiger partial charge in [-0.15, -0.1) is 11.3 Å². The second kappa shape index (κ2) is 28.9. The molecule has 2 aliphatic rings. The predicted octanol–water partition coefficient (Wildman–Crippen LogP) is 13.3. The van der Waals surface area contributed by atoms with Gasteiger partial charge < -0.3 is 42.3 Å². The van der Waals surface area contributed by atoms with Gasteiger partial charge in [0.25, 0.3) is 0 Å². The number of fused-ring (bicyclic) bond motifs is 2. The second-order valence-corrected chi connectivity index (χ2v) is 21.4. The standard InChI is InChI=1S/C63H69NO15S/c1-5-55(65)73-35-13-9-7-11-33-71-46-23-27-48(28-24-46)75-60(67)42-15-19-44(20-16-42)62(69)78-51-31-32-52(58-57(51)64-59(80-58)54-39-50-41(4)37-40(3)38-53(50)77-54)79-63(70)45-21-17-43(18-22-45)61(68)76-49-29-25-47(26-30-49)72-34-12-8-10-14-36-74-56(66)6-2/h5-6,23-32,37-39,42-45H,1-2,7-22,33-36H2,3-4H3/t42-,43-,44-,45-. The summed E-state index contributed by atoms with van der Waals surface area (Å²) in [7, 11) is 0. The van der Waals surface area contributed by atoms with E-state index in [1.165, 1.54) is 11.3 Å². The van der Waals surface area contributed by atoms with Gasteiger partial charge in [-0.3, -0.25) is 19.2 Å². The van der Waals surface area contributed by atoms with Gasteiger partial charge in [-0.25, -0.2) is 14.6 Å². The number of nitrogens with zero attached hydrogens (tertiary/aromatic N) is 1. The number of furan rings is 1. The highest BCUT2D eigenvalue weighted by Gasteiger charge is 2.35. The molecule has 0 spiro atoms. The van der Waals surface area contributed by atoms with E-state index >= 15 is 0 Å². The second-order valence-electron chi connectivity index (χ2n) is 20.4. The number of carbonyl (C=O) groups is 6. The van der Waals surface area contributed by atoms with Gasteiger partial charge in [-0.2, -0.15) is 0 Å². The summed E-state index contributed by atoms with van der Waals surface area (Å²) in [4.78, 5) is 81.5. The molecule has 2 aliphatic carbocycles. The first-order chi connectivity index (χ1) is 38.8. The maximum atomic E-state index is 13.9. The van der Waals surface area contributed by atoms with E-state index in [0.717, 1.165) is 80.0 Å². The number of aromatic nitrogens is 1. The van der Waals surface area contributed by atoms with Crippen molar-refractivity contribution in [2.75, 3.05) is 26.4 Å². The Bertz CT molecular complexity index is 2960. The molecule has 17 heteroatoms. The molecule has 422 valence electrons. The lowest BCUT2D eigenvalue weighted by molar-refractivity contribution is -0.145. The fraction of sp³-hybridized carbons (Fsp3) is 0.413. The zero-order valence-corrected chi connectivity index (χ0v) is 46.3. The average Bonchev–Trinajstić information content (AvgIpc) is 4.27. The van der Waals surface area contributed by atoms with Gasteiger partial charge in [-0.1, -0.05) is 19.2 Å². The highest BCUT2D eigenvalue weighted by Crippen LogP contribution is 2.44. The zero-order chi connectivity index (χ0) is 56.4. The molecular weight excluding hydrogens is 1040 g/mol. The Hall–Kier alpha value is -7.79.